The molecule has 0 aliphatic heterocycles. The third-order valence-corrected chi connectivity index (χ3v) is 2.30. The third kappa shape index (κ3) is 3.83. The van der Waals surface area contributed by atoms with E-state index >= 15 is 0 Å². The van der Waals surface area contributed by atoms with E-state index < -0.39 is 0 Å². The highest BCUT2D eigenvalue weighted by Gasteiger charge is 2.09. The summed E-state index contributed by atoms with van der Waals surface area (Å²) in [6.45, 7) is 2.15. The number of esters is 1. The lowest BCUT2D eigenvalue weighted by molar-refractivity contribution is -0.140. The fraction of sp³-hybridized carbons (Fsp3) is 0.444. The first-order valence-corrected chi connectivity index (χ1v) is 5.29. The zero-order valence-electron chi connectivity index (χ0n) is 8.91. The second-order valence-corrected chi connectivity index (χ2v) is 3.77. The summed E-state index contributed by atoms with van der Waals surface area (Å²) in [6, 6.07) is 0. The van der Waals surface area contributed by atoms with Crippen molar-refractivity contribution < 1.29 is 9.53 Å². The van der Waals surface area contributed by atoms with Crippen LogP contribution in [-0.4, -0.2) is 36.1 Å². The van der Waals surface area contributed by atoms with Crippen molar-refractivity contribution in [3.63, 3.8) is 0 Å². The molecule has 0 aromatic carbocycles. The van der Waals surface area contributed by atoms with Crippen molar-refractivity contribution in [1.29, 1.82) is 0 Å². The minimum Gasteiger partial charge on any atom is -0.464 e. The highest BCUT2D eigenvalue weighted by Crippen LogP contribution is 2.22. The number of anilines is 1. The number of carbonyl (C=O) groups is 1. The summed E-state index contributed by atoms with van der Waals surface area (Å²) in [4.78, 5) is 20.0. The first-order chi connectivity index (χ1) is 7.50. The van der Waals surface area contributed by atoms with Gasteiger partial charge in [-0.05, 0) is 11.6 Å². The van der Waals surface area contributed by atoms with E-state index in [1.807, 2.05) is 0 Å². The van der Waals surface area contributed by atoms with Crippen LogP contribution in [0, 0.1) is 0 Å². The molecule has 0 amide bonds. The number of ether oxygens (including phenoxy) is 1. The molecule has 88 valence electrons. The molecule has 0 radical (unpaired) electrons. The minimum atomic E-state index is -0.313. The smallest absolute Gasteiger partial charge is 0.302 e. The number of nitrogens with zero attached hydrogens (tertiary/aromatic N) is 3. The Balaban J connectivity index is 2.58. The van der Waals surface area contributed by atoms with Gasteiger partial charge in [0, 0.05) is 14.0 Å². The molecular formula is C9H11Cl2N3O2. The third-order valence-electron chi connectivity index (χ3n) is 1.84. The van der Waals surface area contributed by atoms with Gasteiger partial charge in [-0.15, -0.1) is 0 Å². The van der Waals surface area contributed by atoms with Gasteiger partial charge in [-0.2, -0.15) is 0 Å². The molecule has 0 bridgehead atoms. The number of halogens is 2. The number of hydrogen-bond donors (Lipinski definition) is 0. The monoisotopic (exact) mass is 263 g/mol. The Hall–Kier alpha value is -1.07. The molecule has 1 aromatic heterocycles. The van der Waals surface area contributed by atoms with E-state index in [4.69, 9.17) is 27.9 Å². The van der Waals surface area contributed by atoms with Gasteiger partial charge in [-0.25, -0.2) is 9.97 Å². The number of hydrogen-bond acceptors (Lipinski definition) is 5. The van der Waals surface area contributed by atoms with Crippen LogP contribution in [0.5, 0.6) is 0 Å². The summed E-state index contributed by atoms with van der Waals surface area (Å²) in [7, 11) is 1.79. The summed E-state index contributed by atoms with van der Waals surface area (Å²) >= 11 is 11.5. The van der Waals surface area contributed by atoms with Crippen LogP contribution in [0.1, 0.15) is 6.92 Å². The van der Waals surface area contributed by atoms with Gasteiger partial charge in [0.25, 0.3) is 0 Å². The summed E-state index contributed by atoms with van der Waals surface area (Å²) in [5.74, 6) is -0.313. The summed E-state index contributed by atoms with van der Waals surface area (Å²) in [5, 5.41) is 0.368. The van der Waals surface area contributed by atoms with Crippen LogP contribution in [0.15, 0.2) is 6.20 Å². The molecule has 0 spiro atoms. The van der Waals surface area contributed by atoms with Crippen LogP contribution in [0.2, 0.25) is 10.4 Å². The number of carbonyl (C=O) groups excluding carboxylic acids is 1. The van der Waals surface area contributed by atoms with Crippen LogP contribution in [-0.2, 0) is 9.53 Å². The van der Waals surface area contributed by atoms with Crippen LogP contribution in [0.3, 0.4) is 0 Å². The molecule has 0 saturated carbocycles. The number of likely N-dealkylation sites (N-methyl/N-ethyl adjacent to an activating group) is 1. The molecule has 5 nitrogen and oxygen atoms in total. The zero-order valence-corrected chi connectivity index (χ0v) is 10.4. The van der Waals surface area contributed by atoms with E-state index in [1.165, 1.54) is 13.1 Å². The van der Waals surface area contributed by atoms with Gasteiger partial charge in [0.05, 0.1) is 18.4 Å². The van der Waals surface area contributed by atoms with E-state index in [0.29, 0.717) is 12.2 Å². The molecule has 1 aromatic rings. The largest absolute Gasteiger partial charge is 0.464 e. The van der Waals surface area contributed by atoms with E-state index in [1.54, 1.807) is 11.9 Å². The fourth-order valence-electron chi connectivity index (χ4n) is 1.04. The van der Waals surface area contributed by atoms with Gasteiger partial charge >= 0.3 is 5.97 Å². The molecule has 0 atom stereocenters. The van der Waals surface area contributed by atoms with Gasteiger partial charge in [-0.3, -0.25) is 4.79 Å². The van der Waals surface area contributed by atoms with Gasteiger partial charge in [0.15, 0.2) is 5.15 Å². The predicted octanol–water partition coefficient (Wildman–Crippen LogP) is 1.78. The standard InChI is InChI=1S/C9H11Cl2N3O2/c1-6(15)16-4-3-14(2)7-5-12-9(11)13-8(7)10/h5H,3-4H2,1-2H3. The summed E-state index contributed by atoms with van der Waals surface area (Å²) in [5.41, 5.74) is 0.637. The highest BCUT2D eigenvalue weighted by atomic mass is 35.5. The maximum atomic E-state index is 10.6. The van der Waals surface area contributed by atoms with E-state index in [2.05, 4.69) is 9.97 Å². The zero-order chi connectivity index (χ0) is 12.1. The highest BCUT2D eigenvalue weighted by molar-refractivity contribution is 6.33. The quantitative estimate of drug-likeness (QED) is 0.471. The summed E-state index contributed by atoms with van der Waals surface area (Å²) in [6.07, 6.45) is 1.52. The first-order valence-electron chi connectivity index (χ1n) is 4.53. The number of aromatic nitrogens is 2. The predicted molar refractivity (Wildman–Crippen MR) is 62.0 cm³/mol. The van der Waals surface area contributed by atoms with Crippen molar-refractivity contribution in [3.8, 4) is 0 Å². The maximum absolute atomic E-state index is 10.6. The SMILES string of the molecule is CC(=O)OCCN(C)c1cnc(Cl)nc1Cl. The molecule has 7 heteroatoms. The Kier molecular flexibility index (Phi) is 4.76. The second-order valence-electron chi connectivity index (χ2n) is 3.08. The molecule has 1 rings (SSSR count). The van der Waals surface area contributed by atoms with Gasteiger partial charge in [0.1, 0.15) is 6.61 Å². The van der Waals surface area contributed by atoms with Crippen molar-refractivity contribution >= 4 is 34.9 Å². The maximum Gasteiger partial charge on any atom is 0.302 e. The average molecular weight is 264 g/mol. The van der Waals surface area contributed by atoms with Gasteiger partial charge in [0.2, 0.25) is 5.28 Å². The lowest BCUT2D eigenvalue weighted by Gasteiger charge is -2.18. The fourth-order valence-corrected chi connectivity index (χ4v) is 1.49. The Morgan fingerprint density at radius 3 is 2.81 bits per heavy atom. The first kappa shape index (κ1) is 13.0. The minimum absolute atomic E-state index is 0.0992. The van der Waals surface area contributed by atoms with Crippen LogP contribution in [0.4, 0.5) is 5.69 Å². The van der Waals surface area contributed by atoms with Gasteiger partial charge in [-0.1, -0.05) is 11.6 Å². The van der Waals surface area contributed by atoms with Crippen molar-refractivity contribution in [2.75, 3.05) is 25.1 Å². The number of rotatable bonds is 4. The molecule has 0 N–H and O–H groups in total. The molecule has 0 saturated heterocycles. The topological polar surface area (TPSA) is 55.3 Å². The Bertz CT molecular complexity index is 387. The molecule has 0 aliphatic carbocycles. The van der Waals surface area contributed by atoms with E-state index in [0.717, 1.165) is 0 Å². The Morgan fingerprint density at radius 2 is 2.25 bits per heavy atom. The molecule has 1 heterocycles. The van der Waals surface area contributed by atoms with Crippen molar-refractivity contribution in [2.45, 2.75) is 6.92 Å². The Labute approximate surface area is 103 Å². The average Bonchev–Trinajstić information content (AvgIpc) is 2.16. The van der Waals surface area contributed by atoms with Crippen molar-refractivity contribution in [3.05, 3.63) is 16.6 Å². The molecule has 16 heavy (non-hydrogen) atoms. The molecule has 0 fully saturated rings. The lowest BCUT2D eigenvalue weighted by atomic mass is 10.4. The molecule has 0 unspecified atom stereocenters. The van der Waals surface area contributed by atoms with Crippen LogP contribution < -0.4 is 4.90 Å². The van der Waals surface area contributed by atoms with E-state index in [9.17, 15) is 4.79 Å². The normalized spacial score (nSPS) is 10.0. The van der Waals surface area contributed by atoms with Crippen molar-refractivity contribution in [2.24, 2.45) is 0 Å². The second kappa shape index (κ2) is 5.86. The van der Waals surface area contributed by atoms with Crippen LogP contribution >= 0.6 is 23.2 Å². The van der Waals surface area contributed by atoms with Crippen LogP contribution in [0.25, 0.3) is 0 Å². The molecule has 0 aliphatic rings. The summed E-state index contributed by atoms with van der Waals surface area (Å²) < 4.78 is 4.81. The van der Waals surface area contributed by atoms with Crippen molar-refractivity contribution in [1.82, 2.24) is 9.97 Å². The Morgan fingerprint density at radius 1 is 1.56 bits per heavy atom. The lowest BCUT2D eigenvalue weighted by Crippen LogP contribution is -2.24. The van der Waals surface area contributed by atoms with E-state index in [-0.39, 0.29) is 23.0 Å². The molecular weight excluding hydrogens is 253 g/mol. The van der Waals surface area contributed by atoms with Gasteiger partial charge < -0.3 is 9.64 Å².